The third kappa shape index (κ3) is 21.0. The van der Waals surface area contributed by atoms with Gasteiger partial charge in [-0.2, -0.15) is 0 Å². The summed E-state index contributed by atoms with van der Waals surface area (Å²) in [6.07, 6.45) is 0. The van der Waals surface area contributed by atoms with Gasteiger partial charge in [0.25, 0.3) is 0 Å². The lowest BCUT2D eigenvalue weighted by molar-refractivity contribution is 0.0286. The summed E-state index contributed by atoms with van der Waals surface area (Å²) in [6.45, 7) is 7.41. The zero-order chi connectivity index (χ0) is 61.1. The van der Waals surface area contributed by atoms with Gasteiger partial charge in [0.1, 0.15) is 11.4 Å². The van der Waals surface area contributed by atoms with Gasteiger partial charge < -0.3 is 38.6 Å². The fraction of sp³-hybridized carbons (Fsp3) is 0.294. The van der Waals surface area contributed by atoms with E-state index in [4.69, 9.17) is 48.4 Å². The second-order valence-electron chi connectivity index (χ2n) is 20.1. The number of carboxylic acids is 2. The van der Waals surface area contributed by atoms with Crippen molar-refractivity contribution in [1.82, 2.24) is 39.7 Å². The van der Waals surface area contributed by atoms with E-state index >= 15 is 0 Å². The molecule has 88 heavy (non-hydrogen) atoms. The van der Waals surface area contributed by atoms with Gasteiger partial charge in [-0.15, -0.1) is 23.5 Å². The quantitative estimate of drug-likeness (QED) is 0.0293. The van der Waals surface area contributed by atoms with Crippen LogP contribution in [0, 0.1) is 23.7 Å². The van der Waals surface area contributed by atoms with Crippen LogP contribution in [0.25, 0.3) is 22.8 Å². The molecule has 9 rings (SSSR count). The highest BCUT2D eigenvalue weighted by Crippen LogP contribution is 2.25. The maximum absolute atomic E-state index is 12.6. The molecule has 6 aromatic heterocycles. The van der Waals surface area contributed by atoms with Crippen LogP contribution in [0.5, 0.6) is 0 Å². The Balaban J connectivity index is 0.920. The van der Waals surface area contributed by atoms with Crippen LogP contribution in [0.3, 0.4) is 0 Å². The van der Waals surface area contributed by atoms with E-state index in [0.29, 0.717) is 138 Å². The van der Waals surface area contributed by atoms with E-state index in [2.05, 4.69) is 43.4 Å². The van der Waals surface area contributed by atoms with E-state index in [1.54, 1.807) is 37.7 Å². The SMILES string of the molecule is COCCOCCOCCSc1ccc(C#Cc2cc(CN3Cc4cccc(n4)-c4cccc(n4)CN(Cc4cc(C#Cc5ccc(SCCOCCOCCOC)cc5)cc(C(=O)O)n4)Cc4cccc(n4)-c4cccc(n4)C3)nc(C(=O)O)c2)cc1. The summed E-state index contributed by atoms with van der Waals surface area (Å²) in [5.74, 6) is 12.1. The largest absolute Gasteiger partial charge is 0.477 e. The van der Waals surface area contributed by atoms with E-state index in [-0.39, 0.29) is 24.5 Å². The number of carboxylic acid groups (broad SMARTS) is 2. The first kappa shape index (κ1) is 64.3. The minimum atomic E-state index is -1.16. The molecule has 0 fully saturated rings. The Labute approximate surface area is 521 Å². The van der Waals surface area contributed by atoms with Crippen molar-refractivity contribution in [3.05, 3.63) is 213 Å². The molecule has 0 saturated heterocycles. The number of hydrogen-bond donors (Lipinski definition) is 2. The van der Waals surface area contributed by atoms with Gasteiger partial charge in [-0.3, -0.25) is 9.80 Å². The Morgan fingerprint density at radius 3 is 1.06 bits per heavy atom. The molecule has 8 bridgehead atoms. The summed E-state index contributed by atoms with van der Waals surface area (Å²) in [6, 6.07) is 45.8. The second-order valence-corrected chi connectivity index (χ2v) is 22.4. The number of hydrogen-bond acceptors (Lipinski definition) is 18. The molecule has 0 saturated carbocycles. The lowest BCUT2D eigenvalue weighted by atomic mass is 10.1. The number of benzene rings is 2. The lowest BCUT2D eigenvalue weighted by Gasteiger charge is -2.23. The van der Waals surface area contributed by atoms with Gasteiger partial charge in [-0.25, -0.2) is 39.5 Å². The van der Waals surface area contributed by atoms with Crippen LogP contribution in [0.15, 0.2) is 155 Å². The molecular formula is C68H68N8O10S2. The normalized spacial score (nSPS) is 12.5. The van der Waals surface area contributed by atoms with Gasteiger partial charge in [0.15, 0.2) is 0 Å². The fourth-order valence-corrected chi connectivity index (χ4v) is 10.7. The molecule has 0 unspecified atom stereocenters. The van der Waals surface area contributed by atoms with E-state index < -0.39 is 11.9 Å². The Hall–Kier alpha value is -8.22. The van der Waals surface area contributed by atoms with Crippen molar-refractivity contribution < 1.29 is 48.2 Å². The van der Waals surface area contributed by atoms with Crippen LogP contribution >= 0.6 is 23.5 Å². The molecule has 2 N–H and O–H groups in total. The first-order chi connectivity index (χ1) is 43.1. The molecule has 452 valence electrons. The number of carbonyl (C=O) groups is 2. The number of rotatable bonds is 26. The van der Waals surface area contributed by atoms with Crippen molar-refractivity contribution in [2.75, 3.05) is 91.8 Å². The average molecular weight is 1220 g/mol. The summed E-state index contributed by atoms with van der Waals surface area (Å²) in [5.41, 5.74) is 9.05. The van der Waals surface area contributed by atoms with Crippen LogP contribution in [-0.4, -0.2) is 154 Å². The van der Waals surface area contributed by atoms with Crippen LogP contribution < -0.4 is 0 Å². The zero-order valence-electron chi connectivity index (χ0n) is 49.1. The van der Waals surface area contributed by atoms with Gasteiger partial charge >= 0.3 is 11.9 Å². The van der Waals surface area contributed by atoms with Gasteiger partial charge in [-0.1, -0.05) is 47.9 Å². The van der Waals surface area contributed by atoms with E-state index in [1.165, 1.54) is 12.1 Å². The predicted molar refractivity (Wildman–Crippen MR) is 337 cm³/mol. The molecule has 0 aliphatic carbocycles. The minimum Gasteiger partial charge on any atom is -0.477 e. The Morgan fingerprint density at radius 2 is 0.727 bits per heavy atom. The minimum absolute atomic E-state index is 0.114. The number of nitrogens with zero attached hydrogens (tertiary/aromatic N) is 8. The monoisotopic (exact) mass is 1220 g/mol. The third-order valence-electron chi connectivity index (χ3n) is 13.3. The average Bonchev–Trinajstić information content (AvgIpc) is 3.33. The summed E-state index contributed by atoms with van der Waals surface area (Å²) in [5, 5.41) is 20.5. The number of aromatic carboxylic acids is 2. The van der Waals surface area contributed by atoms with E-state index in [0.717, 1.165) is 55.2 Å². The standard InChI is InChI=1S/C68H68N8O10S2/c1-81-27-29-83-31-33-85-35-37-87-59-23-19-49(20-24-59)15-17-51-39-57(73-65(41-51)67(77)78)47-75-43-53-7-3-11-61(69-53)63-13-5-9-55(71-63)45-76(46-56-10-6-14-64(72-56)62-12-4-8-54(44-75)70-62)48-58-40-52(42-66(74-58)68(79)80)18-16-50-21-25-60(26-22-50)88-38-36-86-34-32-84-30-28-82-2/h3-14,19-26,39-42H,27-38,43-48H2,1-2H3,(H,77,78)(H,79,80). The highest BCUT2D eigenvalue weighted by molar-refractivity contribution is 7.99. The first-order valence-corrected chi connectivity index (χ1v) is 30.6. The van der Waals surface area contributed by atoms with Crippen LogP contribution in [0.1, 0.15) is 77.4 Å². The molecule has 8 aromatic rings. The van der Waals surface area contributed by atoms with Crippen LogP contribution in [0.2, 0.25) is 0 Å². The lowest BCUT2D eigenvalue weighted by Crippen LogP contribution is -2.25. The van der Waals surface area contributed by atoms with Crippen molar-refractivity contribution in [2.45, 2.75) is 49.1 Å². The van der Waals surface area contributed by atoms with Crippen LogP contribution in [-0.2, 0) is 67.7 Å². The Bertz CT molecular complexity index is 3390. The fourth-order valence-electron chi connectivity index (χ4n) is 9.18. The number of thioether (sulfide) groups is 2. The van der Waals surface area contributed by atoms with Crippen molar-refractivity contribution in [3.8, 4) is 46.5 Å². The first-order valence-electron chi connectivity index (χ1n) is 28.7. The molecule has 2 aromatic carbocycles. The summed E-state index contributed by atoms with van der Waals surface area (Å²) >= 11 is 3.37. The van der Waals surface area contributed by atoms with Crippen molar-refractivity contribution in [3.63, 3.8) is 0 Å². The maximum atomic E-state index is 12.6. The molecule has 20 heteroatoms. The van der Waals surface area contributed by atoms with Crippen molar-refractivity contribution >= 4 is 35.5 Å². The highest BCUT2D eigenvalue weighted by atomic mass is 32.2. The van der Waals surface area contributed by atoms with Crippen LogP contribution in [0.4, 0.5) is 0 Å². The number of aromatic nitrogens is 6. The topological polar surface area (TPSA) is 214 Å². The molecule has 0 atom stereocenters. The molecule has 0 radical (unpaired) electrons. The second kappa shape index (κ2) is 34.4. The molecular weight excluding hydrogens is 1150 g/mol. The van der Waals surface area contributed by atoms with Gasteiger partial charge in [0, 0.05) is 97.0 Å². The molecule has 1 aliphatic heterocycles. The smallest absolute Gasteiger partial charge is 0.354 e. The zero-order valence-corrected chi connectivity index (χ0v) is 50.8. The Kier molecular flexibility index (Phi) is 25.1. The number of methoxy groups -OCH3 is 2. The van der Waals surface area contributed by atoms with E-state index in [9.17, 15) is 19.8 Å². The van der Waals surface area contributed by atoms with Gasteiger partial charge in [0.2, 0.25) is 0 Å². The maximum Gasteiger partial charge on any atom is 0.354 e. The van der Waals surface area contributed by atoms with Gasteiger partial charge in [0.05, 0.1) is 123 Å². The summed E-state index contributed by atoms with van der Waals surface area (Å²) in [7, 11) is 3.29. The number of pyridine rings is 6. The summed E-state index contributed by atoms with van der Waals surface area (Å²) in [4.78, 5) is 61.2. The molecule has 1 aliphatic rings. The third-order valence-corrected chi connectivity index (χ3v) is 15.2. The number of fused-ring (bicyclic) bond motifs is 10. The Morgan fingerprint density at radius 1 is 0.409 bits per heavy atom. The number of ether oxygens (including phenoxy) is 6. The van der Waals surface area contributed by atoms with Crippen molar-refractivity contribution in [2.24, 2.45) is 0 Å². The molecule has 0 amide bonds. The molecule has 18 nitrogen and oxygen atoms in total. The molecule has 7 heterocycles. The van der Waals surface area contributed by atoms with Gasteiger partial charge in [-0.05, 0) is 121 Å². The van der Waals surface area contributed by atoms with Crippen molar-refractivity contribution in [1.29, 1.82) is 0 Å². The summed E-state index contributed by atoms with van der Waals surface area (Å²) < 4.78 is 32.2. The highest BCUT2D eigenvalue weighted by Gasteiger charge is 2.19. The molecule has 0 spiro atoms. The predicted octanol–water partition coefficient (Wildman–Crippen LogP) is 9.85. The van der Waals surface area contributed by atoms with E-state index in [1.807, 2.05) is 133 Å².